The first-order valence-electron chi connectivity index (χ1n) is 9.68. The second-order valence-corrected chi connectivity index (χ2v) is 8.59. The molecule has 5 atom stereocenters. The Morgan fingerprint density at radius 3 is 2.21 bits per heavy atom. The first-order valence-corrected chi connectivity index (χ1v) is 9.68. The number of rotatable bonds is 7. The van der Waals surface area contributed by atoms with E-state index in [0.29, 0.717) is 19.6 Å². The van der Waals surface area contributed by atoms with E-state index in [1.54, 1.807) is 0 Å². The second kappa shape index (κ2) is 5.62. The van der Waals surface area contributed by atoms with Gasteiger partial charge in [0, 0.05) is 30.5 Å². The van der Waals surface area contributed by atoms with E-state index in [9.17, 15) is 13.9 Å². The maximum absolute atomic E-state index is 13.4. The van der Waals surface area contributed by atoms with Crippen LogP contribution in [0.4, 0.5) is 8.78 Å². The number of halogens is 2. The molecule has 4 aliphatic carbocycles. The largest absolute Gasteiger partial charge is 0.389 e. The van der Waals surface area contributed by atoms with Gasteiger partial charge in [0.05, 0.1) is 5.60 Å². The second-order valence-electron chi connectivity index (χ2n) is 8.59. The fourth-order valence-corrected chi connectivity index (χ4v) is 6.22. The molecule has 0 aromatic heterocycles. The summed E-state index contributed by atoms with van der Waals surface area (Å²) in [6.07, 6.45) is 4.00. The summed E-state index contributed by atoms with van der Waals surface area (Å²) in [5.74, 6) is -0.773. The van der Waals surface area contributed by atoms with Crippen LogP contribution in [0.25, 0.3) is 0 Å². The standard InChI is InChI=1S/C19H30F2O3/c1-3-23-16(24-4-2)12-6-9-17(7-5-8-17)11-19(12,22)18-10-13(18)14(18)15(20)21/h12-16,22H,3-11H2,1-2H3. The fourth-order valence-electron chi connectivity index (χ4n) is 6.22. The predicted octanol–water partition coefficient (Wildman–Crippen LogP) is 3.99. The lowest BCUT2D eigenvalue weighted by Gasteiger charge is -2.56. The van der Waals surface area contributed by atoms with Gasteiger partial charge in [0.2, 0.25) is 6.43 Å². The molecule has 0 amide bonds. The summed E-state index contributed by atoms with van der Waals surface area (Å²) >= 11 is 0. The SMILES string of the molecule is CCOC(OCC)C1CCC2(CCC2)CC1(O)C12CC1C2C(F)F. The molecule has 4 rings (SSSR count). The highest BCUT2D eigenvalue weighted by Gasteiger charge is 2.90. The molecule has 0 radical (unpaired) electrons. The maximum atomic E-state index is 13.4. The summed E-state index contributed by atoms with van der Waals surface area (Å²) in [5, 5.41) is 11.8. The van der Waals surface area contributed by atoms with Gasteiger partial charge in [-0.3, -0.25) is 0 Å². The molecule has 4 aliphatic rings. The van der Waals surface area contributed by atoms with Crippen LogP contribution >= 0.6 is 0 Å². The van der Waals surface area contributed by atoms with Gasteiger partial charge < -0.3 is 14.6 Å². The molecule has 1 N–H and O–H groups in total. The molecule has 0 aromatic carbocycles. The zero-order chi connectivity index (χ0) is 17.2. The van der Waals surface area contributed by atoms with Crippen LogP contribution in [0.3, 0.4) is 0 Å². The molecule has 0 aromatic rings. The third-order valence-electron chi connectivity index (χ3n) is 7.70. The van der Waals surface area contributed by atoms with Crippen molar-refractivity contribution in [3.8, 4) is 0 Å². The van der Waals surface area contributed by atoms with E-state index in [0.717, 1.165) is 32.1 Å². The summed E-state index contributed by atoms with van der Waals surface area (Å²) in [5.41, 5.74) is -1.42. The zero-order valence-corrected chi connectivity index (χ0v) is 14.8. The van der Waals surface area contributed by atoms with E-state index in [2.05, 4.69) is 0 Å². The Kier molecular flexibility index (Phi) is 4.02. The van der Waals surface area contributed by atoms with Gasteiger partial charge in [0.1, 0.15) is 0 Å². The molecule has 4 fully saturated rings. The van der Waals surface area contributed by atoms with Gasteiger partial charge >= 0.3 is 0 Å². The zero-order valence-electron chi connectivity index (χ0n) is 14.8. The molecule has 138 valence electrons. The Balaban J connectivity index is 1.62. The van der Waals surface area contributed by atoms with Gasteiger partial charge in [-0.25, -0.2) is 8.78 Å². The summed E-state index contributed by atoms with van der Waals surface area (Å²) in [6.45, 7) is 4.85. The molecular weight excluding hydrogens is 314 g/mol. The number of aliphatic hydroxyl groups is 1. The summed E-state index contributed by atoms with van der Waals surface area (Å²) in [7, 11) is 0. The lowest BCUT2D eigenvalue weighted by Crippen LogP contribution is -2.58. The van der Waals surface area contributed by atoms with E-state index in [1.807, 2.05) is 13.8 Å². The first-order chi connectivity index (χ1) is 11.4. The van der Waals surface area contributed by atoms with Crippen molar-refractivity contribution in [2.24, 2.45) is 28.6 Å². The summed E-state index contributed by atoms with van der Waals surface area (Å²) < 4.78 is 38.4. The third-order valence-corrected chi connectivity index (χ3v) is 7.70. The fraction of sp³-hybridized carbons (Fsp3) is 1.00. The number of fused-ring (bicyclic) bond motifs is 1. The van der Waals surface area contributed by atoms with Crippen LogP contribution in [-0.2, 0) is 9.47 Å². The lowest BCUT2D eigenvalue weighted by atomic mass is 9.52. The van der Waals surface area contributed by atoms with E-state index in [1.165, 1.54) is 6.42 Å². The Hall–Kier alpha value is -0.260. The van der Waals surface area contributed by atoms with Crippen LogP contribution in [-0.4, -0.2) is 36.6 Å². The van der Waals surface area contributed by atoms with E-state index in [4.69, 9.17) is 9.47 Å². The van der Waals surface area contributed by atoms with Gasteiger partial charge in [-0.1, -0.05) is 6.42 Å². The molecular formula is C19H30F2O3. The van der Waals surface area contributed by atoms with Crippen molar-refractivity contribution in [2.75, 3.05) is 13.2 Å². The normalized spacial score (nSPS) is 45.4. The van der Waals surface area contributed by atoms with Gasteiger partial charge in [-0.15, -0.1) is 0 Å². The van der Waals surface area contributed by atoms with Crippen molar-refractivity contribution in [3.63, 3.8) is 0 Å². The van der Waals surface area contributed by atoms with Crippen LogP contribution in [0.1, 0.15) is 58.8 Å². The van der Waals surface area contributed by atoms with Crippen molar-refractivity contribution >= 4 is 0 Å². The quantitative estimate of drug-likeness (QED) is 0.710. The van der Waals surface area contributed by atoms with Crippen LogP contribution in [0, 0.1) is 28.6 Å². The van der Waals surface area contributed by atoms with Crippen LogP contribution < -0.4 is 0 Å². The van der Waals surface area contributed by atoms with Crippen LogP contribution in [0.5, 0.6) is 0 Å². The molecule has 1 spiro atoms. The van der Waals surface area contributed by atoms with Gasteiger partial charge in [-0.05, 0) is 63.7 Å². The minimum Gasteiger partial charge on any atom is -0.389 e. The Labute approximate surface area is 143 Å². The minimum atomic E-state index is -2.31. The van der Waals surface area contributed by atoms with Gasteiger partial charge in [-0.2, -0.15) is 0 Å². The first kappa shape index (κ1) is 17.2. The number of hydrogen-bond acceptors (Lipinski definition) is 3. The molecule has 0 bridgehead atoms. The van der Waals surface area contributed by atoms with Crippen molar-refractivity contribution in [3.05, 3.63) is 0 Å². The predicted molar refractivity (Wildman–Crippen MR) is 85.6 cm³/mol. The smallest absolute Gasteiger partial charge is 0.242 e. The minimum absolute atomic E-state index is 0.0177. The average Bonchev–Trinajstić information content (AvgIpc) is 3.34. The highest BCUT2D eigenvalue weighted by atomic mass is 19.3. The van der Waals surface area contributed by atoms with Crippen LogP contribution in [0.15, 0.2) is 0 Å². The topological polar surface area (TPSA) is 38.7 Å². The van der Waals surface area contributed by atoms with Crippen LogP contribution in [0.2, 0.25) is 0 Å². The van der Waals surface area contributed by atoms with E-state index in [-0.39, 0.29) is 17.3 Å². The monoisotopic (exact) mass is 344 g/mol. The molecule has 0 heterocycles. The Morgan fingerprint density at radius 2 is 1.79 bits per heavy atom. The molecule has 24 heavy (non-hydrogen) atoms. The maximum Gasteiger partial charge on any atom is 0.242 e. The van der Waals surface area contributed by atoms with E-state index < -0.39 is 29.6 Å². The van der Waals surface area contributed by atoms with Gasteiger partial charge in [0.25, 0.3) is 0 Å². The molecule has 5 unspecified atom stereocenters. The van der Waals surface area contributed by atoms with Crippen molar-refractivity contribution in [1.29, 1.82) is 0 Å². The molecule has 4 saturated carbocycles. The lowest BCUT2D eigenvalue weighted by molar-refractivity contribution is -0.251. The highest BCUT2D eigenvalue weighted by Crippen LogP contribution is 2.88. The van der Waals surface area contributed by atoms with Crippen molar-refractivity contribution in [2.45, 2.75) is 77.1 Å². The molecule has 5 heteroatoms. The van der Waals surface area contributed by atoms with E-state index >= 15 is 0 Å². The molecule has 3 nitrogen and oxygen atoms in total. The van der Waals surface area contributed by atoms with Crippen molar-refractivity contribution in [1.82, 2.24) is 0 Å². The summed E-state index contributed by atoms with van der Waals surface area (Å²) in [4.78, 5) is 0. The third kappa shape index (κ3) is 2.16. The average molecular weight is 344 g/mol. The molecule has 0 aliphatic heterocycles. The molecule has 0 saturated heterocycles. The Morgan fingerprint density at radius 1 is 1.12 bits per heavy atom. The number of hydrogen-bond donors (Lipinski definition) is 1. The number of alkyl halides is 2. The van der Waals surface area contributed by atoms with Gasteiger partial charge in [0.15, 0.2) is 6.29 Å². The number of ether oxygens (including phenoxy) is 2. The van der Waals surface area contributed by atoms with Crippen molar-refractivity contribution < 1.29 is 23.4 Å². The highest BCUT2D eigenvalue weighted by molar-refractivity contribution is 5.35. The Bertz CT molecular complexity index is 489. The summed E-state index contributed by atoms with van der Waals surface area (Å²) in [6, 6.07) is 0.